The lowest BCUT2D eigenvalue weighted by Gasteiger charge is -2.29. The van der Waals surface area contributed by atoms with Gasteiger partial charge in [-0.05, 0) is 55.3 Å². The number of carboxylic acid groups (broad SMARTS) is 1. The van der Waals surface area contributed by atoms with Crippen LogP contribution in [0.25, 0.3) is 0 Å². The first-order valence-electron chi connectivity index (χ1n) is 6.72. The van der Waals surface area contributed by atoms with E-state index >= 15 is 0 Å². The Hall–Kier alpha value is -2.00. The number of carbonyl (C=O) groups is 1. The highest BCUT2D eigenvalue weighted by atomic mass is 35.5. The number of hydrogen-bond acceptors (Lipinski definition) is 2. The Morgan fingerprint density at radius 2 is 1.81 bits per heavy atom. The molecule has 110 valence electrons. The molecule has 2 rings (SSSR count). The number of halogens is 1. The summed E-state index contributed by atoms with van der Waals surface area (Å²) in [5.41, 5.74) is 3.42. The van der Waals surface area contributed by atoms with Crippen molar-refractivity contribution in [2.45, 2.75) is 19.9 Å². The number of hydrogen-bond donors (Lipinski definition) is 1. The third-order valence-corrected chi connectivity index (χ3v) is 4.01. The van der Waals surface area contributed by atoms with Crippen LogP contribution in [0.3, 0.4) is 0 Å². The van der Waals surface area contributed by atoms with Crippen molar-refractivity contribution in [3.63, 3.8) is 0 Å². The summed E-state index contributed by atoms with van der Waals surface area (Å²) in [5.74, 6) is -0.905. The average molecular weight is 304 g/mol. The van der Waals surface area contributed by atoms with Gasteiger partial charge in [-0.3, -0.25) is 0 Å². The van der Waals surface area contributed by atoms with Gasteiger partial charge in [0.1, 0.15) is 0 Å². The lowest BCUT2D eigenvalue weighted by atomic mass is 10.0. The van der Waals surface area contributed by atoms with Crippen LogP contribution in [0, 0.1) is 6.92 Å². The molecule has 0 aliphatic carbocycles. The summed E-state index contributed by atoms with van der Waals surface area (Å²) in [7, 11) is 2.00. The molecular formula is C17H18ClNO2. The summed E-state index contributed by atoms with van der Waals surface area (Å²) in [6.07, 6.45) is 0. The molecule has 1 unspecified atom stereocenters. The van der Waals surface area contributed by atoms with E-state index in [1.165, 1.54) is 0 Å². The van der Waals surface area contributed by atoms with Crippen LogP contribution in [0.15, 0.2) is 42.5 Å². The van der Waals surface area contributed by atoms with Crippen molar-refractivity contribution in [1.29, 1.82) is 0 Å². The molecule has 4 heteroatoms. The Balaban J connectivity index is 2.28. The van der Waals surface area contributed by atoms with E-state index in [9.17, 15) is 4.79 Å². The van der Waals surface area contributed by atoms with Gasteiger partial charge in [-0.2, -0.15) is 0 Å². The van der Waals surface area contributed by atoms with Gasteiger partial charge in [-0.15, -0.1) is 0 Å². The minimum Gasteiger partial charge on any atom is -0.478 e. The van der Waals surface area contributed by atoms with Crippen molar-refractivity contribution < 1.29 is 9.90 Å². The van der Waals surface area contributed by atoms with Gasteiger partial charge in [0.15, 0.2) is 0 Å². The van der Waals surface area contributed by atoms with E-state index in [1.54, 1.807) is 12.1 Å². The molecule has 0 amide bonds. The molecule has 0 aliphatic rings. The fourth-order valence-electron chi connectivity index (χ4n) is 2.36. The van der Waals surface area contributed by atoms with Gasteiger partial charge in [0.2, 0.25) is 0 Å². The van der Waals surface area contributed by atoms with Crippen molar-refractivity contribution in [1.82, 2.24) is 0 Å². The Morgan fingerprint density at radius 1 is 1.19 bits per heavy atom. The van der Waals surface area contributed by atoms with Gasteiger partial charge in [0.25, 0.3) is 0 Å². The zero-order chi connectivity index (χ0) is 15.6. The van der Waals surface area contributed by atoms with E-state index in [2.05, 4.69) is 11.8 Å². The van der Waals surface area contributed by atoms with E-state index in [4.69, 9.17) is 16.7 Å². The van der Waals surface area contributed by atoms with Crippen molar-refractivity contribution >= 4 is 23.3 Å². The van der Waals surface area contributed by atoms with Crippen LogP contribution in [0.5, 0.6) is 0 Å². The molecular weight excluding hydrogens is 286 g/mol. The van der Waals surface area contributed by atoms with E-state index in [1.807, 2.05) is 44.3 Å². The zero-order valence-electron chi connectivity index (χ0n) is 12.3. The van der Waals surface area contributed by atoms with Crippen molar-refractivity contribution in [3.05, 3.63) is 64.2 Å². The predicted octanol–water partition coefficient (Wildman–Crippen LogP) is 4.54. The Labute approximate surface area is 129 Å². The first kappa shape index (κ1) is 15.4. The largest absolute Gasteiger partial charge is 0.478 e. The molecule has 0 saturated heterocycles. The third-order valence-electron chi connectivity index (χ3n) is 3.76. The van der Waals surface area contributed by atoms with Crippen LogP contribution >= 0.6 is 11.6 Å². The van der Waals surface area contributed by atoms with Crippen LogP contribution in [-0.4, -0.2) is 18.1 Å². The molecule has 0 fully saturated rings. The summed E-state index contributed by atoms with van der Waals surface area (Å²) in [6, 6.07) is 13.1. The molecule has 0 bridgehead atoms. The molecule has 0 heterocycles. The van der Waals surface area contributed by atoms with Crippen LogP contribution in [0.1, 0.15) is 34.5 Å². The monoisotopic (exact) mass is 303 g/mol. The van der Waals surface area contributed by atoms with Gasteiger partial charge in [0.05, 0.1) is 11.6 Å². The SMILES string of the molecule is Cc1cc(C(=O)O)ccc1N(C)C(C)c1ccc(Cl)cc1. The van der Waals surface area contributed by atoms with Crippen molar-refractivity contribution in [3.8, 4) is 0 Å². The maximum Gasteiger partial charge on any atom is 0.335 e. The maximum atomic E-state index is 11.0. The summed E-state index contributed by atoms with van der Waals surface area (Å²) < 4.78 is 0. The molecule has 3 nitrogen and oxygen atoms in total. The minimum atomic E-state index is -0.905. The van der Waals surface area contributed by atoms with E-state index in [0.717, 1.165) is 21.8 Å². The van der Waals surface area contributed by atoms with Gasteiger partial charge in [0, 0.05) is 17.8 Å². The number of anilines is 1. The summed E-state index contributed by atoms with van der Waals surface area (Å²) in [5, 5.41) is 9.74. The van der Waals surface area contributed by atoms with Crippen LogP contribution < -0.4 is 4.90 Å². The minimum absolute atomic E-state index is 0.164. The zero-order valence-corrected chi connectivity index (χ0v) is 13.1. The van der Waals surface area contributed by atoms with E-state index in [-0.39, 0.29) is 6.04 Å². The van der Waals surface area contributed by atoms with Gasteiger partial charge >= 0.3 is 5.97 Å². The van der Waals surface area contributed by atoms with Gasteiger partial charge in [-0.25, -0.2) is 4.79 Å². The fourth-order valence-corrected chi connectivity index (χ4v) is 2.48. The molecule has 0 spiro atoms. The van der Waals surface area contributed by atoms with Gasteiger partial charge < -0.3 is 10.0 Å². The Bertz CT molecular complexity index is 652. The van der Waals surface area contributed by atoms with E-state index < -0.39 is 5.97 Å². The number of carboxylic acids is 1. The van der Waals surface area contributed by atoms with Gasteiger partial charge in [-0.1, -0.05) is 23.7 Å². The smallest absolute Gasteiger partial charge is 0.335 e. The van der Waals surface area contributed by atoms with Crippen LogP contribution in [-0.2, 0) is 0 Å². The van der Waals surface area contributed by atoms with Crippen molar-refractivity contribution in [2.75, 3.05) is 11.9 Å². The molecule has 1 N–H and O–H groups in total. The first-order chi connectivity index (χ1) is 9.90. The standard InChI is InChI=1S/C17H18ClNO2/c1-11-10-14(17(20)21)6-9-16(11)19(3)12(2)13-4-7-15(18)8-5-13/h4-10,12H,1-3H3,(H,20,21). The fraction of sp³-hybridized carbons (Fsp3) is 0.235. The summed E-state index contributed by atoms with van der Waals surface area (Å²) >= 11 is 5.92. The first-order valence-corrected chi connectivity index (χ1v) is 7.10. The maximum absolute atomic E-state index is 11.0. The quantitative estimate of drug-likeness (QED) is 0.901. The average Bonchev–Trinajstić information content (AvgIpc) is 2.46. The lowest BCUT2D eigenvalue weighted by molar-refractivity contribution is 0.0697. The predicted molar refractivity (Wildman–Crippen MR) is 86.4 cm³/mol. The molecule has 21 heavy (non-hydrogen) atoms. The number of nitrogens with zero attached hydrogens (tertiary/aromatic N) is 1. The molecule has 0 aromatic heterocycles. The topological polar surface area (TPSA) is 40.5 Å². The molecule has 0 aliphatic heterocycles. The molecule has 0 saturated carbocycles. The second kappa shape index (κ2) is 6.19. The number of benzene rings is 2. The highest BCUT2D eigenvalue weighted by molar-refractivity contribution is 6.30. The molecule has 2 aromatic rings. The number of aromatic carboxylic acids is 1. The van der Waals surface area contributed by atoms with Crippen LogP contribution in [0.2, 0.25) is 5.02 Å². The number of rotatable bonds is 4. The Morgan fingerprint density at radius 3 is 2.33 bits per heavy atom. The summed E-state index contributed by atoms with van der Waals surface area (Å²) in [4.78, 5) is 13.1. The van der Waals surface area contributed by atoms with E-state index in [0.29, 0.717) is 5.56 Å². The normalized spacial score (nSPS) is 12.0. The molecule has 2 aromatic carbocycles. The highest BCUT2D eigenvalue weighted by Gasteiger charge is 2.15. The summed E-state index contributed by atoms with van der Waals surface area (Å²) in [6.45, 7) is 4.03. The second-order valence-corrected chi connectivity index (χ2v) is 5.58. The number of aryl methyl sites for hydroxylation is 1. The highest BCUT2D eigenvalue weighted by Crippen LogP contribution is 2.29. The molecule has 0 radical (unpaired) electrons. The van der Waals surface area contributed by atoms with Crippen molar-refractivity contribution in [2.24, 2.45) is 0 Å². The lowest BCUT2D eigenvalue weighted by Crippen LogP contribution is -2.22. The second-order valence-electron chi connectivity index (χ2n) is 5.14. The third kappa shape index (κ3) is 3.37. The Kier molecular flexibility index (Phi) is 4.53. The molecule has 1 atom stereocenters. The van der Waals surface area contributed by atoms with Crippen LogP contribution in [0.4, 0.5) is 5.69 Å².